The minimum absolute atomic E-state index is 0.0798. The summed E-state index contributed by atoms with van der Waals surface area (Å²) in [5.41, 5.74) is 2.91. The average Bonchev–Trinajstić information content (AvgIpc) is 2.92. The van der Waals surface area contributed by atoms with Crippen LogP contribution >= 0.6 is 0 Å². The summed E-state index contributed by atoms with van der Waals surface area (Å²) in [4.78, 5) is 15.3. The molecule has 7 heteroatoms. The Labute approximate surface area is 135 Å². The van der Waals surface area contributed by atoms with Gasteiger partial charge in [-0.1, -0.05) is 12.1 Å². The monoisotopic (exact) mass is 314 g/mol. The zero-order chi connectivity index (χ0) is 16.7. The third-order valence-electron chi connectivity index (χ3n) is 3.29. The van der Waals surface area contributed by atoms with Crippen LogP contribution in [0.2, 0.25) is 0 Å². The summed E-state index contributed by atoms with van der Waals surface area (Å²) < 4.78 is 1.82. The maximum atomic E-state index is 11.1. The van der Waals surface area contributed by atoms with Gasteiger partial charge in [-0.3, -0.25) is 14.5 Å². The molecular formula is C16H22N6O. The van der Waals surface area contributed by atoms with E-state index in [4.69, 9.17) is 0 Å². The van der Waals surface area contributed by atoms with Crippen molar-refractivity contribution < 1.29 is 4.79 Å². The molecule has 0 saturated carbocycles. The molecular weight excluding hydrogens is 292 g/mol. The molecule has 1 aromatic heterocycles. The van der Waals surface area contributed by atoms with Crippen molar-refractivity contribution in [3.63, 3.8) is 0 Å². The molecule has 2 aromatic rings. The number of hydrogen-bond donors (Lipinski definition) is 3. The number of hydrogen-bond acceptors (Lipinski definition) is 3. The quantitative estimate of drug-likeness (QED) is 0.573. The van der Waals surface area contributed by atoms with E-state index in [9.17, 15) is 4.79 Å². The second-order valence-corrected chi connectivity index (χ2v) is 5.11. The van der Waals surface area contributed by atoms with E-state index in [0.29, 0.717) is 19.0 Å². The molecule has 1 heterocycles. The van der Waals surface area contributed by atoms with E-state index in [-0.39, 0.29) is 5.91 Å². The van der Waals surface area contributed by atoms with Crippen molar-refractivity contribution in [3.05, 3.63) is 47.8 Å². The molecule has 1 amide bonds. The Kier molecular flexibility index (Phi) is 5.74. The molecule has 0 bridgehead atoms. The molecule has 122 valence electrons. The van der Waals surface area contributed by atoms with E-state index in [1.165, 1.54) is 6.92 Å². The first-order valence-corrected chi connectivity index (χ1v) is 7.36. The van der Waals surface area contributed by atoms with Gasteiger partial charge in [0.1, 0.15) is 0 Å². The number of carbonyl (C=O) groups excluding carboxylic acids is 1. The van der Waals surface area contributed by atoms with Crippen LogP contribution in [0, 0.1) is 0 Å². The lowest BCUT2D eigenvalue weighted by Crippen LogP contribution is -2.36. The van der Waals surface area contributed by atoms with Gasteiger partial charge in [0.05, 0.1) is 12.2 Å². The van der Waals surface area contributed by atoms with Crippen LogP contribution in [0.5, 0.6) is 0 Å². The van der Waals surface area contributed by atoms with Gasteiger partial charge in [0.15, 0.2) is 5.96 Å². The molecule has 3 N–H and O–H groups in total. The molecule has 0 aliphatic carbocycles. The van der Waals surface area contributed by atoms with E-state index >= 15 is 0 Å². The van der Waals surface area contributed by atoms with Gasteiger partial charge in [0, 0.05) is 39.4 Å². The van der Waals surface area contributed by atoms with Gasteiger partial charge < -0.3 is 16.0 Å². The van der Waals surface area contributed by atoms with Crippen LogP contribution < -0.4 is 16.0 Å². The smallest absolute Gasteiger partial charge is 0.221 e. The van der Waals surface area contributed by atoms with Crippen LogP contribution in [0.3, 0.4) is 0 Å². The van der Waals surface area contributed by atoms with E-state index in [0.717, 1.165) is 16.9 Å². The molecule has 0 atom stereocenters. The Hall–Kier alpha value is -2.83. The predicted molar refractivity (Wildman–Crippen MR) is 91.0 cm³/mol. The first-order valence-electron chi connectivity index (χ1n) is 7.36. The molecule has 1 aromatic carbocycles. The standard InChI is InChI=1S/C16H22N6O/c1-12(23)21-14-6-4-5-13(9-14)10-18-16(17-2)19-11-15-7-8-20-22(15)3/h4-9H,10-11H2,1-3H3,(H,21,23)(H2,17,18,19). The molecule has 0 aliphatic heterocycles. The zero-order valence-corrected chi connectivity index (χ0v) is 13.6. The van der Waals surface area contributed by atoms with Crippen molar-refractivity contribution in [2.75, 3.05) is 12.4 Å². The van der Waals surface area contributed by atoms with Gasteiger partial charge in [0.25, 0.3) is 0 Å². The van der Waals surface area contributed by atoms with Gasteiger partial charge in [-0.05, 0) is 23.8 Å². The summed E-state index contributed by atoms with van der Waals surface area (Å²) in [6, 6.07) is 9.65. The normalized spacial score (nSPS) is 11.2. The largest absolute Gasteiger partial charge is 0.352 e. The number of aliphatic imine (C=N–C) groups is 1. The van der Waals surface area contributed by atoms with Gasteiger partial charge >= 0.3 is 0 Å². The summed E-state index contributed by atoms with van der Waals surface area (Å²) in [5.74, 6) is 0.625. The first-order chi connectivity index (χ1) is 11.1. The maximum absolute atomic E-state index is 11.1. The van der Waals surface area contributed by atoms with Crippen LogP contribution in [0.4, 0.5) is 5.69 Å². The predicted octanol–water partition coefficient (Wildman–Crippen LogP) is 1.24. The number of anilines is 1. The second-order valence-electron chi connectivity index (χ2n) is 5.11. The Balaban J connectivity index is 1.88. The minimum Gasteiger partial charge on any atom is -0.352 e. The third-order valence-corrected chi connectivity index (χ3v) is 3.29. The highest BCUT2D eigenvalue weighted by atomic mass is 16.1. The molecule has 0 aliphatic rings. The summed E-state index contributed by atoms with van der Waals surface area (Å²) in [6.07, 6.45) is 1.76. The van der Waals surface area contributed by atoms with Crippen molar-refractivity contribution in [2.45, 2.75) is 20.0 Å². The number of carbonyl (C=O) groups is 1. The van der Waals surface area contributed by atoms with Crippen LogP contribution in [-0.2, 0) is 24.9 Å². The minimum atomic E-state index is -0.0798. The van der Waals surface area contributed by atoms with E-state index in [2.05, 4.69) is 26.0 Å². The fourth-order valence-corrected chi connectivity index (χ4v) is 2.12. The Morgan fingerprint density at radius 2 is 2.04 bits per heavy atom. The number of nitrogens with zero attached hydrogens (tertiary/aromatic N) is 3. The van der Waals surface area contributed by atoms with Gasteiger partial charge in [-0.15, -0.1) is 0 Å². The van der Waals surface area contributed by atoms with Crippen molar-refractivity contribution in [1.29, 1.82) is 0 Å². The second kappa shape index (κ2) is 7.98. The summed E-state index contributed by atoms with van der Waals surface area (Å²) >= 11 is 0. The van der Waals surface area contributed by atoms with E-state index in [1.807, 2.05) is 42.1 Å². The number of nitrogens with one attached hydrogen (secondary N) is 3. The van der Waals surface area contributed by atoms with Crippen LogP contribution in [0.15, 0.2) is 41.5 Å². The van der Waals surface area contributed by atoms with Crippen molar-refractivity contribution in [2.24, 2.45) is 12.0 Å². The highest BCUT2D eigenvalue weighted by Gasteiger charge is 2.02. The van der Waals surface area contributed by atoms with Crippen molar-refractivity contribution >= 4 is 17.6 Å². The molecule has 0 spiro atoms. The Morgan fingerprint density at radius 1 is 1.26 bits per heavy atom. The number of benzene rings is 1. The Bertz CT molecular complexity index is 691. The van der Waals surface area contributed by atoms with E-state index in [1.54, 1.807) is 13.2 Å². The molecule has 0 saturated heterocycles. The zero-order valence-electron chi connectivity index (χ0n) is 13.6. The van der Waals surface area contributed by atoms with Crippen LogP contribution in [0.1, 0.15) is 18.2 Å². The summed E-state index contributed by atoms with van der Waals surface area (Å²) in [6.45, 7) is 2.75. The van der Waals surface area contributed by atoms with Gasteiger partial charge in [-0.25, -0.2) is 0 Å². The molecule has 0 radical (unpaired) electrons. The molecule has 23 heavy (non-hydrogen) atoms. The first kappa shape index (κ1) is 16.5. The highest BCUT2D eigenvalue weighted by Crippen LogP contribution is 2.10. The SMILES string of the molecule is CN=C(NCc1cccc(NC(C)=O)c1)NCc1ccnn1C. The molecule has 0 unspecified atom stereocenters. The number of aryl methyl sites for hydroxylation is 1. The summed E-state index contributed by atoms with van der Waals surface area (Å²) in [7, 11) is 3.63. The lowest BCUT2D eigenvalue weighted by atomic mass is 10.2. The number of aromatic nitrogens is 2. The molecule has 7 nitrogen and oxygen atoms in total. The van der Waals surface area contributed by atoms with Crippen molar-refractivity contribution in [1.82, 2.24) is 20.4 Å². The van der Waals surface area contributed by atoms with E-state index < -0.39 is 0 Å². The third kappa shape index (κ3) is 5.14. The topological polar surface area (TPSA) is 83.3 Å². The maximum Gasteiger partial charge on any atom is 0.221 e. The molecule has 0 fully saturated rings. The average molecular weight is 314 g/mol. The number of amides is 1. The Morgan fingerprint density at radius 3 is 2.70 bits per heavy atom. The van der Waals surface area contributed by atoms with Crippen LogP contribution in [-0.4, -0.2) is 28.7 Å². The number of guanidine groups is 1. The summed E-state index contributed by atoms with van der Waals surface area (Å²) in [5, 5.41) is 13.4. The lowest BCUT2D eigenvalue weighted by molar-refractivity contribution is -0.114. The molecule has 2 rings (SSSR count). The fourth-order valence-electron chi connectivity index (χ4n) is 2.12. The number of rotatable bonds is 5. The highest BCUT2D eigenvalue weighted by molar-refractivity contribution is 5.88. The van der Waals surface area contributed by atoms with Crippen LogP contribution in [0.25, 0.3) is 0 Å². The fraction of sp³-hybridized carbons (Fsp3) is 0.312. The van der Waals surface area contributed by atoms with Gasteiger partial charge in [0.2, 0.25) is 5.91 Å². The lowest BCUT2D eigenvalue weighted by Gasteiger charge is -2.12. The van der Waals surface area contributed by atoms with Gasteiger partial charge in [-0.2, -0.15) is 5.10 Å². The van der Waals surface area contributed by atoms with Crippen molar-refractivity contribution in [3.8, 4) is 0 Å².